The highest BCUT2D eigenvalue weighted by Gasteiger charge is 2.10. The number of hydrogen-bond acceptors (Lipinski definition) is 1. The maximum Gasteiger partial charge on any atom is 0.109 e. The first-order valence-corrected chi connectivity index (χ1v) is 6.78. The molecule has 1 unspecified atom stereocenters. The van der Waals surface area contributed by atoms with Crippen molar-refractivity contribution >= 4 is 0 Å². The minimum Gasteiger partial charge on any atom is -0.512 e. The third-order valence-corrected chi connectivity index (χ3v) is 3.20. The number of hydrogen-bond donors (Lipinski definition) is 1. The maximum absolute atomic E-state index is 6.25. The van der Waals surface area contributed by atoms with Crippen LogP contribution < -0.4 is 4.90 Å². The van der Waals surface area contributed by atoms with Crippen molar-refractivity contribution in [3.8, 4) is 0 Å². The van der Waals surface area contributed by atoms with Gasteiger partial charge in [0.1, 0.15) is 5.70 Å². The fraction of sp³-hybridized carbons (Fsp3) is 0.667. The highest BCUT2D eigenvalue weighted by Crippen LogP contribution is 2.06. The summed E-state index contributed by atoms with van der Waals surface area (Å²) in [5.74, 6) is 0. The molecule has 0 saturated heterocycles. The van der Waals surface area contributed by atoms with Gasteiger partial charge in [-0.3, -0.25) is 4.90 Å². The van der Waals surface area contributed by atoms with E-state index in [1.807, 2.05) is 0 Å². The molecule has 1 atom stereocenters. The van der Waals surface area contributed by atoms with Crippen LogP contribution in [0.1, 0.15) is 58.8 Å². The van der Waals surface area contributed by atoms with Gasteiger partial charge in [0.15, 0.2) is 0 Å². The summed E-state index contributed by atoms with van der Waals surface area (Å²) >= 11 is 0. The zero-order valence-corrected chi connectivity index (χ0v) is 11.3. The molecule has 0 spiro atoms. The molecule has 1 N–H and O–H groups in total. The van der Waals surface area contributed by atoms with Crippen molar-refractivity contribution in [2.45, 2.75) is 58.8 Å². The zero-order chi connectivity index (χ0) is 12.9. The lowest BCUT2D eigenvalue weighted by molar-refractivity contribution is -0.802. The lowest BCUT2D eigenvalue weighted by Gasteiger charge is -2.10. The van der Waals surface area contributed by atoms with Crippen LogP contribution in [0.15, 0.2) is 24.0 Å². The van der Waals surface area contributed by atoms with Crippen molar-refractivity contribution in [1.29, 1.82) is 5.26 Å². The van der Waals surface area contributed by atoms with E-state index in [0.29, 0.717) is 0 Å². The van der Waals surface area contributed by atoms with Crippen LogP contribution in [0.5, 0.6) is 0 Å². The molecule has 0 fully saturated rings. The zero-order valence-electron chi connectivity index (χ0n) is 11.3. The molecule has 17 heavy (non-hydrogen) atoms. The van der Waals surface area contributed by atoms with Crippen LogP contribution in [0.25, 0.3) is 0 Å². The third-order valence-electron chi connectivity index (χ3n) is 3.20. The average molecular weight is 234 g/mol. The topological polar surface area (TPSA) is 28.2 Å². The first-order valence-electron chi connectivity index (χ1n) is 6.78. The van der Waals surface area contributed by atoms with Gasteiger partial charge < -0.3 is 11.8 Å². The molecule has 0 radical (unpaired) electrons. The number of unbranched alkanes of at least 4 members (excludes halogenated alkanes) is 6. The third kappa shape index (κ3) is 7.76. The Morgan fingerprint density at radius 2 is 1.65 bits per heavy atom. The van der Waals surface area contributed by atoms with E-state index in [9.17, 15) is 0 Å². The first kappa shape index (κ1) is 15.9. The standard InChI is InChI=1S/C14H25N.CN/c1-3-4-5-6-7-8-9-12-15-13-10-11-14(15)2;1-2/h10-11,13H,3-9,12H2,1-2H3;/q;-1/p+1. The van der Waals surface area contributed by atoms with Crippen molar-refractivity contribution in [3.05, 3.63) is 30.6 Å². The molecule has 2 nitrogen and oxygen atoms in total. The number of nitrogens with zero attached hydrogens (tertiary/aromatic N) is 1. The van der Waals surface area contributed by atoms with E-state index < -0.39 is 0 Å². The molecule has 2 heteroatoms. The van der Waals surface area contributed by atoms with E-state index in [4.69, 9.17) is 11.8 Å². The van der Waals surface area contributed by atoms with Crippen LogP contribution in [-0.4, -0.2) is 6.54 Å². The number of nitrogens with one attached hydrogen (secondary N) is 1. The first-order chi connectivity index (χ1) is 8.34. The van der Waals surface area contributed by atoms with Crippen molar-refractivity contribution in [1.82, 2.24) is 0 Å². The lowest BCUT2D eigenvalue weighted by atomic mass is 10.1. The SMILES string of the molecule is CCCCCCCCC[NH+]1C=CC=C1C.[C-]#N. The Kier molecular flexibility index (Phi) is 10.7. The number of quaternary nitrogens is 1. The molecule has 0 aromatic carbocycles. The summed E-state index contributed by atoms with van der Waals surface area (Å²) in [6.45, 7) is 10.5. The molecular formula is C15H26N2. The fourth-order valence-corrected chi connectivity index (χ4v) is 2.10. The molecule has 96 valence electrons. The van der Waals surface area contributed by atoms with Crippen LogP contribution in [-0.2, 0) is 0 Å². The molecule has 1 aliphatic rings. The summed E-state index contributed by atoms with van der Waals surface area (Å²) in [6.07, 6.45) is 16.5. The lowest BCUT2D eigenvalue weighted by Crippen LogP contribution is -3.04. The van der Waals surface area contributed by atoms with Crippen molar-refractivity contribution < 1.29 is 4.90 Å². The molecule has 0 amide bonds. The predicted molar refractivity (Wildman–Crippen MR) is 71.7 cm³/mol. The van der Waals surface area contributed by atoms with Crippen LogP contribution in [0.2, 0.25) is 0 Å². The average Bonchev–Trinajstić information content (AvgIpc) is 2.77. The van der Waals surface area contributed by atoms with Gasteiger partial charge in [0.2, 0.25) is 0 Å². The maximum atomic E-state index is 6.25. The van der Waals surface area contributed by atoms with E-state index in [-0.39, 0.29) is 0 Å². The summed E-state index contributed by atoms with van der Waals surface area (Å²) in [4.78, 5) is 1.56. The van der Waals surface area contributed by atoms with E-state index in [1.165, 1.54) is 57.2 Å². The van der Waals surface area contributed by atoms with Gasteiger partial charge in [0.05, 0.1) is 12.7 Å². The molecule has 0 aromatic heterocycles. The minimum atomic E-state index is 1.28. The second kappa shape index (κ2) is 11.4. The molecule has 0 saturated carbocycles. The second-order valence-electron chi connectivity index (χ2n) is 4.61. The Morgan fingerprint density at radius 3 is 2.18 bits per heavy atom. The molecule has 0 aromatic rings. The molecule has 0 aliphatic carbocycles. The Bertz CT molecular complexity index is 251. The van der Waals surface area contributed by atoms with Gasteiger partial charge in [0.25, 0.3) is 0 Å². The molecular weight excluding hydrogens is 208 g/mol. The largest absolute Gasteiger partial charge is 0.512 e. The Balaban J connectivity index is 0.00000121. The fourth-order valence-electron chi connectivity index (χ4n) is 2.10. The van der Waals surface area contributed by atoms with Crippen molar-refractivity contribution in [3.63, 3.8) is 0 Å². The van der Waals surface area contributed by atoms with Crippen LogP contribution in [0, 0.1) is 11.8 Å². The molecule has 1 rings (SSSR count). The summed E-state index contributed by atoms with van der Waals surface area (Å²) in [7, 11) is 0. The van der Waals surface area contributed by atoms with E-state index in [2.05, 4.69) is 32.2 Å². The quantitative estimate of drug-likeness (QED) is 0.507. The summed E-state index contributed by atoms with van der Waals surface area (Å²) in [5, 5.41) is 6.25. The summed E-state index contributed by atoms with van der Waals surface area (Å²) in [6, 6.07) is 0. The van der Waals surface area contributed by atoms with Gasteiger partial charge in [0, 0.05) is 6.92 Å². The van der Waals surface area contributed by atoms with Crippen molar-refractivity contribution in [2.24, 2.45) is 0 Å². The van der Waals surface area contributed by atoms with E-state index in [0.717, 1.165) is 0 Å². The van der Waals surface area contributed by atoms with Crippen LogP contribution >= 0.6 is 0 Å². The smallest absolute Gasteiger partial charge is 0.109 e. The van der Waals surface area contributed by atoms with E-state index in [1.54, 1.807) is 4.90 Å². The van der Waals surface area contributed by atoms with Gasteiger partial charge >= 0.3 is 0 Å². The Hall–Kier alpha value is -1.07. The number of rotatable bonds is 8. The highest BCUT2D eigenvalue weighted by molar-refractivity contribution is 5.08. The Morgan fingerprint density at radius 1 is 1.06 bits per heavy atom. The van der Waals surface area contributed by atoms with Crippen LogP contribution in [0.4, 0.5) is 0 Å². The van der Waals surface area contributed by atoms with Crippen LogP contribution in [0.3, 0.4) is 0 Å². The van der Waals surface area contributed by atoms with Gasteiger partial charge in [-0.15, -0.1) is 0 Å². The van der Waals surface area contributed by atoms with Gasteiger partial charge in [-0.2, -0.15) is 0 Å². The normalized spacial score (nSPS) is 17.4. The van der Waals surface area contributed by atoms with Gasteiger partial charge in [-0.25, -0.2) is 0 Å². The summed E-state index contributed by atoms with van der Waals surface area (Å²) < 4.78 is 0. The number of allylic oxidation sites excluding steroid dienone is 3. The Labute approximate surface area is 107 Å². The summed E-state index contributed by atoms with van der Waals surface area (Å²) in [5.41, 5.74) is 1.47. The highest BCUT2D eigenvalue weighted by atomic mass is 15.1. The van der Waals surface area contributed by atoms with Gasteiger partial charge in [-0.1, -0.05) is 39.0 Å². The molecule has 1 aliphatic heterocycles. The predicted octanol–water partition coefficient (Wildman–Crippen LogP) is 3.15. The van der Waals surface area contributed by atoms with E-state index >= 15 is 0 Å². The molecule has 1 heterocycles. The second-order valence-corrected chi connectivity index (χ2v) is 4.61. The van der Waals surface area contributed by atoms with Crippen molar-refractivity contribution in [2.75, 3.05) is 6.54 Å². The monoisotopic (exact) mass is 234 g/mol. The molecule has 0 bridgehead atoms. The van der Waals surface area contributed by atoms with Gasteiger partial charge in [-0.05, 0) is 25.0 Å². The minimum absolute atomic E-state index is 1.28.